The first-order chi connectivity index (χ1) is 12.3. The fraction of sp³-hybridized carbons (Fsp3) is 0.294. The van der Waals surface area contributed by atoms with Gasteiger partial charge in [-0.3, -0.25) is 19.3 Å². The van der Waals surface area contributed by atoms with Gasteiger partial charge in [0.05, 0.1) is 5.69 Å². The lowest BCUT2D eigenvalue weighted by Crippen LogP contribution is -2.26. The quantitative estimate of drug-likeness (QED) is 0.528. The van der Waals surface area contributed by atoms with Crippen LogP contribution in [0.1, 0.15) is 25.8 Å². The van der Waals surface area contributed by atoms with Gasteiger partial charge in [-0.15, -0.1) is 0 Å². The van der Waals surface area contributed by atoms with Crippen LogP contribution in [0.15, 0.2) is 34.1 Å². The number of carbonyl (C=O) groups is 1. The summed E-state index contributed by atoms with van der Waals surface area (Å²) in [6.45, 7) is 3.56. The average Bonchev–Trinajstić information content (AvgIpc) is 2.58. The molecule has 1 aromatic heterocycles. The Bertz CT molecular complexity index is 950. The van der Waals surface area contributed by atoms with E-state index in [4.69, 9.17) is 12.2 Å². The lowest BCUT2D eigenvalue weighted by Gasteiger charge is -2.14. The highest BCUT2D eigenvalue weighted by Crippen LogP contribution is 2.19. The topological polar surface area (TPSA) is 108 Å². The van der Waals surface area contributed by atoms with Crippen LogP contribution >= 0.6 is 12.2 Å². The van der Waals surface area contributed by atoms with Crippen molar-refractivity contribution in [3.05, 3.63) is 50.8 Å². The monoisotopic (exact) mass is 379 g/mol. The van der Waals surface area contributed by atoms with Gasteiger partial charge >= 0.3 is 5.97 Å². The maximum atomic E-state index is 13.1. The maximum Gasteiger partial charge on any atom is 0.328 e. The number of aromatic amines is 1. The molecule has 2 aromatic rings. The first-order valence-electron chi connectivity index (χ1n) is 7.86. The van der Waals surface area contributed by atoms with Gasteiger partial charge in [0.1, 0.15) is 17.4 Å². The molecule has 2 rings (SSSR count). The second-order valence-electron chi connectivity index (χ2n) is 5.76. The van der Waals surface area contributed by atoms with Gasteiger partial charge in [-0.25, -0.2) is 9.18 Å². The smallest absolute Gasteiger partial charge is 0.328 e. The van der Waals surface area contributed by atoms with Gasteiger partial charge in [0.25, 0.3) is 5.56 Å². The predicted molar refractivity (Wildman–Crippen MR) is 97.3 cm³/mol. The lowest BCUT2D eigenvalue weighted by molar-refractivity contribution is -0.139. The average molecular weight is 379 g/mol. The highest BCUT2D eigenvalue weighted by molar-refractivity contribution is 7.71. The molecule has 0 aliphatic carbocycles. The highest BCUT2D eigenvalue weighted by Gasteiger charge is 2.22. The second kappa shape index (κ2) is 8.05. The first kappa shape index (κ1) is 19.5. The number of rotatable bonds is 6. The standard InChI is InChI=1S/C17H18FN3O4S/c1-3-9(2)13(16(24)25)19-8-12-14(22)20-17(26)21(15(12)23)11-6-4-10(18)5-7-11/h4-9,13,23H,3H2,1-2H3,(H,24,25)(H,20,22,26)/t9-,13+/m0/s1. The van der Waals surface area contributed by atoms with Crippen molar-refractivity contribution in [2.75, 3.05) is 0 Å². The van der Waals surface area contributed by atoms with Gasteiger partial charge < -0.3 is 10.2 Å². The molecule has 0 aliphatic heterocycles. The number of hydrogen-bond acceptors (Lipinski definition) is 5. The number of carboxylic acid groups (broad SMARTS) is 1. The number of nitrogens with one attached hydrogen (secondary N) is 1. The molecule has 2 atom stereocenters. The van der Waals surface area contributed by atoms with Crippen molar-refractivity contribution in [3.63, 3.8) is 0 Å². The zero-order chi connectivity index (χ0) is 19.4. The summed E-state index contributed by atoms with van der Waals surface area (Å²) in [5.41, 5.74) is -0.614. The number of aromatic nitrogens is 2. The summed E-state index contributed by atoms with van der Waals surface area (Å²) in [6, 6.07) is 4.06. The van der Waals surface area contributed by atoms with Gasteiger partial charge in [0.2, 0.25) is 5.88 Å². The number of aliphatic carboxylic acids is 1. The summed E-state index contributed by atoms with van der Waals surface area (Å²) < 4.78 is 14.2. The number of carboxylic acids is 1. The van der Waals surface area contributed by atoms with Crippen LogP contribution in [0.4, 0.5) is 4.39 Å². The molecule has 9 heteroatoms. The zero-order valence-corrected chi connectivity index (χ0v) is 15.0. The molecule has 0 amide bonds. The Morgan fingerprint density at radius 2 is 2.04 bits per heavy atom. The highest BCUT2D eigenvalue weighted by atomic mass is 32.1. The molecule has 0 unspecified atom stereocenters. The van der Waals surface area contributed by atoms with Crippen LogP contribution in [0.2, 0.25) is 0 Å². The molecule has 1 heterocycles. The fourth-order valence-electron chi connectivity index (χ4n) is 2.32. The molecule has 1 aromatic carbocycles. The van der Waals surface area contributed by atoms with E-state index in [1.807, 2.05) is 6.92 Å². The summed E-state index contributed by atoms with van der Waals surface area (Å²) in [5, 5.41) is 19.7. The van der Waals surface area contributed by atoms with Crippen LogP contribution in [0.3, 0.4) is 0 Å². The van der Waals surface area contributed by atoms with Gasteiger partial charge in [-0.1, -0.05) is 20.3 Å². The summed E-state index contributed by atoms with van der Waals surface area (Å²) in [6.07, 6.45) is 1.60. The van der Waals surface area contributed by atoms with Crippen molar-refractivity contribution in [3.8, 4) is 11.6 Å². The van der Waals surface area contributed by atoms with E-state index in [0.29, 0.717) is 12.1 Å². The van der Waals surface area contributed by atoms with E-state index in [2.05, 4.69) is 9.98 Å². The number of nitrogens with zero attached hydrogens (tertiary/aromatic N) is 2. The van der Waals surface area contributed by atoms with E-state index in [-0.39, 0.29) is 16.3 Å². The fourth-order valence-corrected chi connectivity index (χ4v) is 2.60. The summed E-state index contributed by atoms with van der Waals surface area (Å²) >= 11 is 5.05. The van der Waals surface area contributed by atoms with E-state index in [9.17, 15) is 24.2 Å². The number of hydrogen-bond donors (Lipinski definition) is 3. The van der Waals surface area contributed by atoms with Crippen LogP contribution in [0.5, 0.6) is 5.88 Å². The molecular weight excluding hydrogens is 361 g/mol. The van der Waals surface area contributed by atoms with E-state index in [1.165, 1.54) is 24.3 Å². The molecule has 0 aliphatic rings. The van der Waals surface area contributed by atoms with Crippen LogP contribution < -0.4 is 5.56 Å². The van der Waals surface area contributed by atoms with Crippen LogP contribution in [-0.4, -0.2) is 38.0 Å². The summed E-state index contributed by atoms with van der Waals surface area (Å²) in [5.74, 6) is -2.36. The van der Waals surface area contributed by atoms with Crippen LogP contribution in [-0.2, 0) is 4.79 Å². The molecule has 3 N–H and O–H groups in total. The molecule has 0 radical (unpaired) electrons. The molecule has 0 saturated carbocycles. The third-order valence-corrected chi connectivity index (χ3v) is 4.29. The molecular formula is C17H18FN3O4S. The molecule has 0 saturated heterocycles. The van der Waals surface area contributed by atoms with Gasteiger partial charge in [0, 0.05) is 6.21 Å². The van der Waals surface area contributed by atoms with Gasteiger partial charge in [-0.2, -0.15) is 0 Å². The molecule has 0 spiro atoms. The zero-order valence-electron chi connectivity index (χ0n) is 14.1. The Balaban J connectivity index is 2.57. The minimum atomic E-state index is -1.13. The van der Waals surface area contributed by atoms with E-state index < -0.39 is 29.3 Å². The Labute approximate surface area is 153 Å². The second-order valence-corrected chi connectivity index (χ2v) is 6.14. The van der Waals surface area contributed by atoms with Crippen molar-refractivity contribution in [2.24, 2.45) is 10.9 Å². The third-order valence-electron chi connectivity index (χ3n) is 4.01. The summed E-state index contributed by atoms with van der Waals surface area (Å²) in [7, 11) is 0. The maximum absolute atomic E-state index is 13.1. The van der Waals surface area contributed by atoms with Crippen LogP contribution in [0, 0.1) is 16.5 Å². The number of halogens is 1. The van der Waals surface area contributed by atoms with Crippen molar-refractivity contribution in [1.29, 1.82) is 0 Å². The third kappa shape index (κ3) is 4.05. The van der Waals surface area contributed by atoms with Crippen molar-refractivity contribution in [2.45, 2.75) is 26.3 Å². The molecule has 0 bridgehead atoms. The summed E-state index contributed by atoms with van der Waals surface area (Å²) in [4.78, 5) is 29.8. The number of benzene rings is 1. The molecule has 7 nitrogen and oxygen atoms in total. The Morgan fingerprint density at radius 3 is 2.58 bits per heavy atom. The van der Waals surface area contributed by atoms with Crippen molar-refractivity contribution in [1.82, 2.24) is 9.55 Å². The Kier molecular flexibility index (Phi) is 6.04. The van der Waals surface area contributed by atoms with Gasteiger partial charge in [-0.05, 0) is 42.4 Å². The minimum Gasteiger partial charge on any atom is -0.494 e. The van der Waals surface area contributed by atoms with E-state index in [0.717, 1.165) is 10.8 Å². The molecule has 0 fully saturated rings. The predicted octanol–water partition coefficient (Wildman–Crippen LogP) is 2.66. The van der Waals surface area contributed by atoms with E-state index in [1.54, 1.807) is 6.92 Å². The number of aromatic hydroxyl groups is 1. The molecule has 26 heavy (non-hydrogen) atoms. The largest absolute Gasteiger partial charge is 0.494 e. The normalized spacial score (nSPS) is 13.7. The Hall–Kier alpha value is -2.81. The lowest BCUT2D eigenvalue weighted by atomic mass is 10.00. The Morgan fingerprint density at radius 1 is 1.42 bits per heavy atom. The van der Waals surface area contributed by atoms with E-state index >= 15 is 0 Å². The van der Waals surface area contributed by atoms with Crippen LogP contribution in [0.25, 0.3) is 5.69 Å². The van der Waals surface area contributed by atoms with Crippen molar-refractivity contribution >= 4 is 24.4 Å². The number of H-pyrrole nitrogens is 1. The number of aliphatic imine (C=N–C) groups is 1. The minimum absolute atomic E-state index is 0.0898. The molecule has 138 valence electrons. The SMILES string of the molecule is CC[C@H](C)[C@@H](N=Cc1c(O)n(-c2ccc(F)cc2)c(=S)[nH]c1=O)C(=O)O. The van der Waals surface area contributed by atoms with Crippen molar-refractivity contribution < 1.29 is 19.4 Å². The van der Waals surface area contributed by atoms with Gasteiger partial charge in [0.15, 0.2) is 4.77 Å². The first-order valence-corrected chi connectivity index (χ1v) is 8.27.